The molecule has 2 rings (SSSR count). The van der Waals surface area contributed by atoms with Gasteiger partial charge < -0.3 is 11.1 Å². The predicted octanol–water partition coefficient (Wildman–Crippen LogP) is 1.70. The number of nitrogens with one attached hydrogen (secondary N) is 1. The molecule has 0 heterocycles. The first-order valence-electron chi connectivity index (χ1n) is 6.82. The average Bonchev–Trinajstić information content (AvgIpc) is 2.47. The first-order valence-corrected chi connectivity index (χ1v) is 8.64. The summed E-state index contributed by atoms with van der Waals surface area (Å²) >= 11 is 0. The highest BCUT2D eigenvalue weighted by atomic mass is 32.2. The molecule has 116 valence electrons. The lowest BCUT2D eigenvalue weighted by Crippen LogP contribution is -2.24. The molecule has 0 radical (unpaired) electrons. The summed E-state index contributed by atoms with van der Waals surface area (Å²) in [5.74, 6) is -1.26. The molecule has 5 nitrogen and oxygen atoms in total. The van der Waals surface area contributed by atoms with Crippen LogP contribution in [0.5, 0.6) is 0 Å². The van der Waals surface area contributed by atoms with Crippen molar-refractivity contribution in [3.05, 3.63) is 65.7 Å². The summed E-state index contributed by atoms with van der Waals surface area (Å²) in [5.41, 5.74) is 7.61. The van der Waals surface area contributed by atoms with Gasteiger partial charge in [0.25, 0.3) is 0 Å². The fraction of sp³-hybridized carbons (Fsp3) is 0.188. The van der Waals surface area contributed by atoms with Crippen molar-refractivity contribution in [2.45, 2.75) is 12.3 Å². The molecule has 0 fully saturated rings. The maximum atomic E-state index is 12.1. The van der Waals surface area contributed by atoms with Crippen LogP contribution in [0.3, 0.4) is 0 Å². The van der Waals surface area contributed by atoms with Crippen LogP contribution in [0.25, 0.3) is 0 Å². The van der Waals surface area contributed by atoms with Gasteiger partial charge in [-0.2, -0.15) is 0 Å². The van der Waals surface area contributed by atoms with E-state index in [2.05, 4.69) is 5.32 Å². The molecule has 0 aliphatic rings. The van der Waals surface area contributed by atoms with Crippen LogP contribution < -0.4 is 11.1 Å². The number of benzene rings is 2. The van der Waals surface area contributed by atoms with Crippen LogP contribution >= 0.6 is 0 Å². The molecule has 0 aliphatic heterocycles. The quantitative estimate of drug-likeness (QED) is 0.848. The second-order valence-corrected chi connectivity index (χ2v) is 7.04. The van der Waals surface area contributed by atoms with Crippen LogP contribution in [0.1, 0.15) is 11.1 Å². The van der Waals surface area contributed by atoms with Crippen LogP contribution in [0, 0.1) is 0 Å². The fourth-order valence-corrected chi connectivity index (χ4v) is 3.33. The smallest absolute Gasteiger partial charge is 0.239 e. The van der Waals surface area contributed by atoms with Crippen molar-refractivity contribution < 1.29 is 13.2 Å². The van der Waals surface area contributed by atoms with Crippen molar-refractivity contribution in [2.24, 2.45) is 5.73 Å². The van der Waals surface area contributed by atoms with E-state index in [4.69, 9.17) is 5.73 Å². The zero-order valence-electron chi connectivity index (χ0n) is 12.0. The Hall–Kier alpha value is -2.18. The number of nitrogens with two attached hydrogens (primary N) is 1. The molecule has 6 heteroatoms. The van der Waals surface area contributed by atoms with Crippen molar-refractivity contribution in [3.8, 4) is 0 Å². The van der Waals surface area contributed by atoms with Gasteiger partial charge in [-0.3, -0.25) is 4.79 Å². The van der Waals surface area contributed by atoms with Gasteiger partial charge in [0.1, 0.15) is 5.75 Å². The summed E-state index contributed by atoms with van der Waals surface area (Å²) in [6, 6.07) is 15.8. The predicted molar refractivity (Wildman–Crippen MR) is 86.9 cm³/mol. The number of anilines is 1. The molecule has 0 bridgehead atoms. The van der Waals surface area contributed by atoms with E-state index >= 15 is 0 Å². The summed E-state index contributed by atoms with van der Waals surface area (Å²) in [4.78, 5) is 11.8. The Balaban J connectivity index is 1.99. The highest BCUT2D eigenvalue weighted by Gasteiger charge is 2.17. The van der Waals surface area contributed by atoms with Crippen molar-refractivity contribution in [2.75, 3.05) is 11.1 Å². The van der Waals surface area contributed by atoms with Crippen LogP contribution in [-0.4, -0.2) is 20.1 Å². The summed E-state index contributed by atoms with van der Waals surface area (Å²) < 4.78 is 24.2. The lowest BCUT2D eigenvalue weighted by atomic mass is 10.1. The van der Waals surface area contributed by atoms with Gasteiger partial charge in [-0.1, -0.05) is 42.5 Å². The fourth-order valence-electron chi connectivity index (χ4n) is 2.07. The SMILES string of the molecule is NCc1cccc(CS(=O)(=O)CC(=O)Nc2ccccc2)c1. The molecule has 22 heavy (non-hydrogen) atoms. The van der Waals surface area contributed by atoms with Crippen molar-refractivity contribution >= 4 is 21.4 Å². The third-order valence-corrected chi connectivity index (χ3v) is 4.50. The molecule has 0 spiro atoms. The summed E-state index contributed by atoms with van der Waals surface area (Å²) in [6.45, 7) is 0.350. The molecule has 0 atom stereocenters. The van der Waals surface area contributed by atoms with E-state index in [9.17, 15) is 13.2 Å². The average molecular weight is 318 g/mol. The van der Waals surface area contributed by atoms with E-state index in [1.54, 1.807) is 42.5 Å². The molecular weight excluding hydrogens is 300 g/mol. The van der Waals surface area contributed by atoms with Gasteiger partial charge in [0, 0.05) is 12.2 Å². The number of amides is 1. The van der Waals surface area contributed by atoms with E-state index in [0.717, 1.165) is 5.56 Å². The normalized spacial score (nSPS) is 11.1. The molecule has 0 unspecified atom stereocenters. The topological polar surface area (TPSA) is 89.3 Å². The first-order chi connectivity index (χ1) is 10.5. The number of rotatable bonds is 6. The molecule has 2 aromatic carbocycles. The summed E-state index contributed by atoms with van der Waals surface area (Å²) in [7, 11) is -3.53. The van der Waals surface area contributed by atoms with Gasteiger partial charge in [0.15, 0.2) is 9.84 Å². The highest BCUT2D eigenvalue weighted by Crippen LogP contribution is 2.11. The van der Waals surface area contributed by atoms with Crippen molar-refractivity contribution in [1.29, 1.82) is 0 Å². The molecule has 3 N–H and O–H groups in total. The Kier molecular flexibility index (Phi) is 5.30. The molecule has 2 aromatic rings. The number of carbonyl (C=O) groups excluding carboxylic acids is 1. The Morgan fingerprint density at radius 1 is 1.00 bits per heavy atom. The minimum atomic E-state index is -3.53. The summed E-state index contributed by atoms with van der Waals surface area (Å²) in [6.07, 6.45) is 0. The lowest BCUT2D eigenvalue weighted by molar-refractivity contribution is -0.113. The number of hydrogen-bond acceptors (Lipinski definition) is 4. The zero-order chi connectivity index (χ0) is 16.0. The molecule has 0 aliphatic carbocycles. The van der Waals surface area contributed by atoms with Gasteiger partial charge in [-0.15, -0.1) is 0 Å². The number of carbonyl (C=O) groups is 1. The molecule has 1 amide bonds. The van der Waals surface area contributed by atoms with Crippen LogP contribution in [-0.2, 0) is 26.9 Å². The van der Waals surface area contributed by atoms with Crippen molar-refractivity contribution in [3.63, 3.8) is 0 Å². The Bertz CT molecular complexity index is 743. The molecular formula is C16H18N2O3S. The molecule has 0 saturated heterocycles. The van der Waals surface area contributed by atoms with Crippen molar-refractivity contribution in [1.82, 2.24) is 0 Å². The number of para-hydroxylation sites is 1. The first kappa shape index (κ1) is 16.2. The minimum absolute atomic E-state index is 0.178. The second kappa shape index (κ2) is 7.20. The second-order valence-electron chi connectivity index (χ2n) is 4.97. The third kappa shape index (κ3) is 4.98. The van der Waals surface area contributed by atoms with E-state index in [-0.39, 0.29) is 5.75 Å². The largest absolute Gasteiger partial charge is 0.326 e. The standard InChI is InChI=1S/C16H18N2O3S/c17-10-13-5-4-6-14(9-13)11-22(20,21)12-16(19)18-15-7-2-1-3-8-15/h1-9H,10-12,17H2,(H,18,19). The van der Waals surface area contributed by atoms with Gasteiger partial charge in [-0.05, 0) is 23.3 Å². The third-order valence-electron chi connectivity index (χ3n) is 3.02. The van der Waals surface area contributed by atoms with Crippen LogP contribution in [0.2, 0.25) is 0 Å². The van der Waals surface area contributed by atoms with Gasteiger partial charge >= 0.3 is 0 Å². The van der Waals surface area contributed by atoms with Gasteiger partial charge in [0.2, 0.25) is 5.91 Å². The van der Waals surface area contributed by atoms with Gasteiger partial charge in [0.05, 0.1) is 5.75 Å². The monoisotopic (exact) mass is 318 g/mol. The Labute approximate surface area is 130 Å². The maximum absolute atomic E-state index is 12.1. The van der Waals surface area contributed by atoms with E-state index in [1.165, 1.54) is 0 Å². The number of sulfone groups is 1. The molecule has 0 saturated carbocycles. The van der Waals surface area contributed by atoms with Crippen LogP contribution in [0.15, 0.2) is 54.6 Å². The molecule has 0 aromatic heterocycles. The minimum Gasteiger partial charge on any atom is -0.326 e. The Morgan fingerprint density at radius 3 is 2.36 bits per heavy atom. The zero-order valence-corrected chi connectivity index (χ0v) is 12.8. The van der Waals surface area contributed by atoms with E-state index in [0.29, 0.717) is 17.8 Å². The Morgan fingerprint density at radius 2 is 1.68 bits per heavy atom. The number of hydrogen-bond donors (Lipinski definition) is 2. The summed E-state index contributed by atoms with van der Waals surface area (Å²) in [5, 5.41) is 2.57. The van der Waals surface area contributed by atoms with E-state index < -0.39 is 21.5 Å². The lowest BCUT2D eigenvalue weighted by Gasteiger charge is -2.07. The highest BCUT2D eigenvalue weighted by molar-refractivity contribution is 7.91. The van der Waals surface area contributed by atoms with Gasteiger partial charge in [-0.25, -0.2) is 8.42 Å². The van der Waals surface area contributed by atoms with Crippen LogP contribution in [0.4, 0.5) is 5.69 Å². The van der Waals surface area contributed by atoms with E-state index in [1.807, 2.05) is 12.1 Å². The maximum Gasteiger partial charge on any atom is 0.239 e.